The molecule has 0 radical (unpaired) electrons. The second kappa shape index (κ2) is 10.1. The fraction of sp³-hybridized carbons (Fsp3) is 0.417. The summed E-state index contributed by atoms with van der Waals surface area (Å²) < 4.78 is 0. The number of H-pyrrole nitrogens is 1. The van der Waals surface area contributed by atoms with Gasteiger partial charge in [0.05, 0.1) is 11.0 Å². The van der Waals surface area contributed by atoms with E-state index in [0.29, 0.717) is 0 Å². The molecular formula is C24H31N3O. The molecule has 0 aliphatic heterocycles. The molecule has 0 atom stereocenters. The molecule has 1 aliphatic carbocycles. The number of hydrogen-bond donors (Lipinski definition) is 2. The zero-order chi connectivity index (χ0) is 19.8. The van der Waals surface area contributed by atoms with Crippen LogP contribution in [0.4, 0.5) is 5.69 Å². The van der Waals surface area contributed by atoms with Crippen molar-refractivity contribution in [3.63, 3.8) is 0 Å². The molecule has 4 rings (SSSR count). The lowest BCUT2D eigenvalue weighted by atomic mass is 9.90. The van der Waals surface area contributed by atoms with E-state index in [2.05, 4.69) is 15.3 Å². The fourth-order valence-electron chi connectivity index (χ4n) is 3.78. The summed E-state index contributed by atoms with van der Waals surface area (Å²) >= 11 is 0. The van der Waals surface area contributed by atoms with E-state index in [1.165, 1.54) is 19.3 Å². The van der Waals surface area contributed by atoms with Crippen molar-refractivity contribution in [1.29, 1.82) is 0 Å². The quantitative estimate of drug-likeness (QED) is 0.543. The minimum atomic E-state index is 0.146. The number of hydrogen-bond acceptors (Lipinski definition) is 2. The van der Waals surface area contributed by atoms with Gasteiger partial charge in [-0.2, -0.15) is 0 Å². The molecular weight excluding hydrogens is 346 g/mol. The average molecular weight is 378 g/mol. The first-order valence-electron chi connectivity index (χ1n) is 10.7. The van der Waals surface area contributed by atoms with Crippen molar-refractivity contribution < 1.29 is 4.79 Å². The topological polar surface area (TPSA) is 57.8 Å². The van der Waals surface area contributed by atoms with Gasteiger partial charge in [-0.3, -0.25) is 4.79 Å². The predicted molar refractivity (Wildman–Crippen MR) is 117 cm³/mol. The van der Waals surface area contributed by atoms with Gasteiger partial charge in [-0.15, -0.1) is 0 Å². The van der Waals surface area contributed by atoms with E-state index in [-0.39, 0.29) is 11.8 Å². The van der Waals surface area contributed by atoms with Crippen molar-refractivity contribution in [3.8, 4) is 11.4 Å². The van der Waals surface area contributed by atoms with Crippen LogP contribution in [0.25, 0.3) is 22.4 Å². The molecule has 1 aromatic heterocycles. The van der Waals surface area contributed by atoms with Gasteiger partial charge in [-0.25, -0.2) is 4.98 Å². The Kier molecular flexibility index (Phi) is 7.24. The number of benzene rings is 2. The van der Waals surface area contributed by atoms with E-state index in [9.17, 15) is 4.79 Å². The van der Waals surface area contributed by atoms with Gasteiger partial charge >= 0.3 is 0 Å². The second-order valence-electron chi connectivity index (χ2n) is 7.21. The van der Waals surface area contributed by atoms with E-state index in [4.69, 9.17) is 0 Å². The first-order chi connectivity index (χ1) is 13.8. The molecule has 1 aliphatic rings. The van der Waals surface area contributed by atoms with Crippen molar-refractivity contribution in [2.24, 2.45) is 5.92 Å². The monoisotopic (exact) mass is 377 g/mol. The maximum absolute atomic E-state index is 12.7. The summed E-state index contributed by atoms with van der Waals surface area (Å²) in [6.07, 6.45) is 8.18. The Morgan fingerprint density at radius 3 is 2.36 bits per heavy atom. The minimum Gasteiger partial charge on any atom is -0.338 e. The highest BCUT2D eigenvalue weighted by atomic mass is 16.1. The molecule has 0 saturated heterocycles. The Morgan fingerprint density at radius 1 is 0.964 bits per heavy atom. The number of amides is 1. The summed E-state index contributed by atoms with van der Waals surface area (Å²) in [6.45, 7) is 4.00. The van der Waals surface area contributed by atoms with Crippen molar-refractivity contribution in [1.82, 2.24) is 9.97 Å². The lowest BCUT2D eigenvalue weighted by molar-refractivity contribution is -0.120. The highest BCUT2D eigenvalue weighted by Gasteiger charge is 2.19. The molecule has 1 saturated carbocycles. The molecule has 4 nitrogen and oxygen atoms in total. The number of rotatable bonds is 3. The lowest BCUT2D eigenvalue weighted by Gasteiger charge is -2.19. The van der Waals surface area contributed by atoms with Crippen LogP contribution < -0.4 is 5.32 Å². The summed E-state index contributed by atoms with van der Waals surface area (Å²) in [5, 5.41) is 3.11. The molecule has 4 heteroatoms. The van der Waals surface area contributed by atoms with Crippen LogP contribution in [0, 0.1) is 5.92 Å². The molecule has 1 fully saturated rings. The van der Waals surface area contributed by atoms with Crippen LogP contribution in [0.1, 0.15) is 58.8 Å². The Hall–Kier alpha value is -2.62. The van der Waals surface area contributed by atoms with E-state index in [0.717, 1.165) is 53.8 Å². The van der Waals surface area contributed by atoms with Crippen LogP contribution in [-0.2, 0) is 4.79 Å². The number of fused-ring (bicyclic) bond motifs is 1. The van der Waals surface area contributed by atoms with Crippen LogP contribution in [0.3, 0.4) is 0 Å². The van der Waals surface area contributed by atoms with Crippen molar-refractivity contribution >= 4 is 22.6 Å². The third-order valence-corrected chi connectivity index (χ3v) is 5.27. The van der Waals surface area contributed by atoms with E-state index in [1.807, 2.05) is 62.4 Å². The first kappa shape index (κ1) is 20.1. The average Bonchev–Trinajstić information content (AvgIpc) is 3.13. The Balaban J connectivity index is 0.00000109. The molecule has 1 heterocycles. The maximum Gasteiger partial charge on any atom is 0.227 e. The molecule has 1 amide bonds. The molecule has 3 aromatic rings. The van der Waals surface area contributed by atoms with E-state index < -0.39 is 0 Å². The number of anilines is 1. The zero-order valence-electron chi connectivity index (χ0n) is 17.0. The van der Waals surface area contributed by atoms with Crippen LogP contribution >= 0.6 is 0 Å². The second-order valence-corrected chi connectivity index (χ2v) is 7.21. The fourth-order valence-corrected chi connectivity index (χ4v) is 3.78. The molecule has 0 unspecified atom stereocenters. The highest BCUT2D eigenvalue weighted by molar-refractivity contribution is 5.94. The number of aromatic amines is 1. The van der Waals surface area contributed by atoms with Crippen molar-refractivity contribution in [3.05, 3.63) is 48.5 Å². The van der Waals surface area contributed by atoms with E-state index >= 15 is 0 Å². The first-order valence-corrected chi connectivity index (χ1v) is 10.7. The third-order valence-electron chi connectivity index (χ3n) is 5.27. The molecule has 148 valence electrons. The number of nitrogens with one attached hydrogen (secondary N) is 2. The highest BCUT2D eigenvalue weighted by Crippen LogP contribution is 2.26. The largest absolute Gasteiger partial charge is 0.338 e. The maximum atomic E-state index is 12.7. The van der Waals surface area contributed by atoms with Crippen LogP contribution in [0.15, 0.2) is 48.5 Å². The lowest BCUT2D eigenvalue weighted by Crippen LogP contribution is -2.23. The Bertz CT molecular complexity index is 877. The molecule has 0 spiro atoms. The Labute approximate surface area is 167 Å². The zero-order valence-corrected chi connectivity index (χ0v) is 17.0. The van der Waals surface area contributed by atoms with Gasteiger partial charge in [-0.1, -0.05) is 76.3 Å². The smallest absolute Gasteiger partial charge is 0.227 e. The van der Waals surface area contributed by atoms with Crippen LogP contribution in [-0.4, -0.2) is 15.9 Å². The number of aromatic nitrogens is 2. The summed E-state index contributed by atoms with van der Waals surface area (Å²) in [4.78, 5) is 20.7. The summed E-state index contributed by atoms with van der Waals surface area (Å²) in [5.41, 5.74) is 3.75. The van der Waals surface area contributed by atoms with Crippen molar-refractivity contribution in [2.75, 3.05) is 5.32 Å². The SMILES string of the molecule is CC.O=C(Nc1ccc2nc(-c3ccccc3)[nH]c2c1)C1CCCCCCC1. The van der Waals surface area contributed by atoms with Gasteiger partial charge in [0.1, 0.15) is 5.82 Å². The molecule has 28 heavy (non-hydrogen) atoms. The number of carbonyl (C=O) groups is 1. The molecule has 2 N–H and O–H groups in total. The number of nitrogens with zero attached hydrogens (tertiary/aromatic N) is 1. The van der Waals surface area contributed by atoms with Crippen LogP contribution in [0.2, 0.25) is 0 Å². The number of imidazole rings is 1. The van der Waals surface area contributed by atoms with Gasteiger partial charge in [0.2, 0.25) is 5.91 Å². The third kappa shape index (κ3) is 5.00. The van der Waals surface area contributed by atoms with Crippen molar-refractivity contribution in [2.45, 2.75) is 58.8 Å². The standard InChI is InChI=1S/C22H25N3O.C2H6/c26-22(17-11-5-2-1-3-6-12-17)23-18-13-14-19-20(15-18)25-21(24-19)16-9-7-4-8-10-16;1-2/h4,7-10,13-15,17H,1-3,5-6,11-12H2,(H,23,26)(H,24,25);1-2H3. The summed E-state index contributed by atoms with van der Waals surface area (Å²) in [7, 11) is 0. The number of carbonyl (C=O) groups excluding carboxylic acids is 1. The van der Waals surface area contributed by atoms with Gasteiger partial charge in [0.25, 0.3) is 0 Å². The van der Waals surface area contributed by atoms with Crippen LogP contribution in [0.5, 0.6) is 0 Å². The van der Waals surface area contributed by atoms with Gasteiger partial charge in [0.15, 0.2) is 0 Å². The predicted octanol–water partition coefficient (Wildman–Crippen LogP) is 6.56. The van der Waals surface area contributed by atoms with E-state index in [1.54, 1.807) is 0 Å². The van der Waals surface area contributed by atoms with Gasteiger partial charge in [0, 0.05) is 17.2 Å². The summed E-state index contributed by atoms with van der Waals surface area (Å²) in [5.74, 6) is 1.16. The molecule has 0 bridgehead atoms. The molecule has 2 aromatic carbocycles. The van der Waals surface area contributed by atoms with Gasteiger partial charge < -0.3 is 10.3 Å². The normalized spacial score (nSPS) is 15.2. The summed E-state index contributed by atoms with van der Waals surface area (Å²) in [6, 6.07) is 16.0. The minimum absolute atomic E-state index is 0.146. The Morgan fingerprint density at radius 2 is 1.64 bits per heavy atom. The van der Waals surface area contributed by atoms with Gasteiger partial charge in [-0.05, 0) is 31.0 Å².